The van der Waals surface area contributed by atoms with Crippen molar-refractivity contribution in [1.29, 1.82) is 0 Å². The molecule has 1 saturated heterocycles. The average Bonchev–Trinajstić information content (AvgIpc) is 3.09. The monoisotopic (exact) mass is 488 g/mol. The summed E-state index contributed by atoms with van der Waals surface area (Å²) in [5.41, 5.74) is 0.491. The zero-order valence-corrected chi connectivity index (χ0v) is 19.0. The summed E-state index contributed by atoms with van der Waals surface area (Å²) in [7, 11) is -4.14. The molecule has 182 valence electrons. The molecule has 10 nitrogen and oxygen atoms in total. The average molecular weight is 489 g/mol. The molecule has 13 heteroatoms. The summed E-state index contributed by atoms with van der Waals surface area (Å²) in [4.78, 5) is 16.4. The fourth-order valence-corrected chi connectivity index (χ4v) is 4.25. The minimum Gasteiger partial charge on any atom is -0.431 e. The van der Waals surface area contributed by atoms with Crippen LogP contribution >= 0.6 is 0 Å². The van der Waals surface area contributed by atoms with Crippen LogP contribution in [0, 0.1) is 6.92 Å². The number of ether oxygens (including phenoxy) is 2. The predicted octanol–water partition coefficient (Wildman–Crippen LogP) is 2.77. The summed E-state index contributed by atoms with van der Waals surface area (Å²) in [5, 5.41) is 2.72. The largest absolute Gasteiger partial charge is 0.431 e. The first-order valence-electron chi connectivity index (χ1n) is 10.3. The Morgan fingerprint density at radius 1 is 1.36 bits per heavy atom. The summed E-state index contributed by atoms with van der Waals surface area (Å²) in [6.07, 6.45) is -1.48. The Hall–Kier alpha value is -2.61. The maximum atomic E-state index is 12.9. The van der Waals surface area contributed by atoms with Gasteiger partial charge in [-0.3, -0.25) is 4.79 Å². The van der Waals surface area contributed by atoms with Gasteiger partial charge in [0.05, 0.1) is 19.3 Å². The molecule has 1 atom stereocenters. The van der Waals surface area contributed by atoms with Gasteiger partial charge >= 0.3 is 10.2 Å². The number of halogens is 2. The summed E-state index contributed by atoms with van der Waals surface area (Å²) < 4.78 is 70.3. The number of rotatable bonds is 9. The van der Waals surface area contributed by atoms with Gasteiger partial charge in [-0.05, 0) is 31.9 Å². The van der Waals surface area contributed by atoms with Gasteiger partial charge in [-0.1, -0.05) is 12.1 Å². The molecule has 33 heavy (non-hydrogen) atoms. The fraction of sp³-hybridized carbons (Fsp3) is 0.500. The second-order valence-electron chi connectivity index (χ2n) is 7.31. The SMILES string of the molecule is CCOCC1CCN(S(=O)(=O)NC(=O)c2coc(Nc3cc(C(F)F)ccc3C)n2)CCO1. The Balaban J connectivity index is 1.63. The molecule has 0 bridgehead atoms. The molecule has 3 rings (SSSR count). The number of anilines is 2. The Labute approximate surface area is 190 Å². The Morgan fingerprint density at radius 2 is 2.15 bits per heavy atom. The first kappa shape index (κ1) is 25.0. The van der Waals surface area contributed by atoms with Crippen molar-refractivity contribution in [1.82, 2.24) is 14.0 Å². The molecular weight excluding hydrogens is 462 g/mol. The maximum Gasteiger partial charge on any atom is 0.304 e. The highest BCUT2D eigenvalue weighted by molar-refractivity contribution is 7.87. The van der Waals surface area contributed by atoms with Gasteiger partial charge in [0.25, 0.3) is 18.3 Å². The van der Waals surface area contributed by atoms with Crippen LogP contribution in [0.3, 0.4) is 0 Å². The molecule has 1 aliphatic heterocycles. The fourth-order valence-electron chi connectivity index (χ4n) is 3.12. The topological polar surface area (TPSA) is 123 Å². The molecule has 1 fully saturated rings. The molecule has 2 heterocycles. The maximum absolute atomic E-state index is 12.9. The number of alkyl halides is 2. The third-order valence-corrected chi connectivity index (χ3v) is 6.44. The molecule has 0 radical (unpaired) electrons. The van der Waals surface area contributed by atoms with Crippen molar-refractivity contribution in [3.8, 4) is 0 Å². The van der Waals surface area contributed by atoms with Gasteiger partial charge in [0.15, 0.2) is 5.69 Å². The molecular formula is C20H26F2N4O6S. The lowest BCUT2D eigenvalue weighted by Gasteiger charge is -2.19. The van der Waals surface area contributed by atoms with Crippen LogP contribution in [0.25, 0.3) is 0 Å². The van der Waals surface area contributed by atoms with Crippen molar-refractivity contribution in [3.63, 3.8) is 0 Å². The van der Waals surface area contributed by atoms with Gasteiger partial charge in [-0.25, -0.2) is 13.5 Å². The lowest BCUT2D eigenvalue weighted by Crippen LogP contribution is -2.44. The van der Waals surface area contributed by atoms with Crippen LogP contribution in [0.15, 0.2) is 28.9 Å². The van der Waals surface area contributed by atoms with Crippen LogP contribution in [0.2, 0.25) is 0 Å². The number of carbonyl (C=O) groups excluding carboxylic acids is 1. The zero-order valence-electron chi connectivity index (χ0n) is 18.2. The molecule has 1 amide bonds. The second-order valence-corrected chi connectivity index (χ2v) is 8.98. The van der Waals surface area contributed by atoms with Crippen molar-refractivity contribution in [2.45, 2.75) is 32.8 Å². The Morgan fingerprint density at radius 3 is 2.88 bits per heavy atom. The quantitative estimate of drug-likeness (QED) is 0.552. The summed E-state index contributed by atoms with van der Waals surface area (Å²) in [5.74, 6) is -0.985. The van der Waals surface area contributed by atoms with E-state index in [2.05, 4.69) is 10.3 Å². The lowest BCUT2D eigenvalue weighted by atomic mass is 10.1. The first-order chi connectivity index (χ1) is 15.7. The highest BCUT2D eigenvalue weighted by Gasteiger charge is 2.29. The van der Waals surface area contributed by atoms with E-state index in [0.717, 1.165) is 10.6 Å². The second kappa shape index (κ2) is 11.0. The number of oxazole rings is 1. The van der Waals surface area contributed by atoms with Gasteiger partial charge < -0.3 is 19.2 Å². The number of aromatic nitrogens is 1. The molecule has 0 saturated carbocycles. The van der Waals surface area contributed by atoms with Crippen LogP contribution in [-0.2, 0) is 19.7 Å². The van der Waals surface area contributed by atoms with Crippen molar-refractivity contribution in [2.75, 3.05) is 38.2 Å². The molecule has 1 aromatic heterocycles. The highest BCUT2D eigenvalue weighted by Crippen LogP contribution is 2.27. The van der Waals surface area contributed by atoms with Crippen LogP contribution in [0.4, 0.5) is 20.5 Å². The van der Waals surface area contributed by atoms with Crippen molar-refractivity contribution < 1.29 is 35.9 Å². The van der Waals surface area contributed by atoms with Crippen LogP contribution < -0.4 is 10.0 Å². The van der Waals surface area contributed by atoms with E-state index in [0.29, 0.717) is 30.9 Å². The van der Waals surface area contributed by atoms with E-state index in [-0.39, 0.29) is 43.1 Å². The smallest absolute Gasteiger partial charge is 0.304 e. The van der Waals surface area contributed by atoms with E-state index in [1.165, 1.54) is 18.2 Å². The summed E-state index contributed by atoms with van der Waals surface area (Å²) in [6, 6.07) is 3.91. The molecule has 1 aliphatic rings. The van der Waals surface area contributed by atoms with E-state index >= 15 is 0 Å². The number of carbonyl (C=O) groups is 1. The van der Waals surface area contributed by atoms with E-state index in [9.17, 15) is 22.0 Å². The Kier molecular flexibility index (Phi) is 8.35. The summed E-state index contributed by atoms with van der Waals surface area (Å²) >= 11 is 0. The minimum absolute atomic E-state index is 0.0800. The van der Waals surface area contributed by atoms with E-state index in [1.54, 1.807) is 6.92 Å². The number of benzene rings is 1. The third-order valence-electron chi connectivity index (χ3n) is 4.96. The number of hydrogen-bond acceptors (Lipinski definition) is 8. The van der Waals surface area contributed by atoms with Gasteiger partial charge in [0.2, 0.25) is 0 Å². The molecule has 2 N–H and O–H groups in total. The van der Waals surface area contributed by atoms with Crippen molar-refractivity contribution in [3.05, 3.63) is 41.3 Å². The zero-order chi connectivity index (χ0) is 24.0. The molecule has 0 aliphatic carbocycles. The number of amides is 1. The molecule has 1 aromatic carbocycles. The van der Waals surface area contributed by atoms with Gasteiger partial charge in [-0.2, -0.15) is 17.7 Å². The number of nitrogens with zero attached hydrogens (tertiary/aromatic N) is 2. The summed E-state index contributed by atoms with van der Waals surface area (Å²) in [6.45, 7) is 4.86. The minimum atomic E-state index is -4.14. The standard InChI is InChI=1S/C20H26F2N4O6S/c1-3-30-11-15-6-7-26(8-9-31-15)33(28,29)25-19(27)17-12-32-20(24-17)23-16-10-14(18(21)22)5-4-13(16)2/h4-5,10,12,15,18H,3,6-9,11H2,1-2H3,(H,23,24)(H,25,27). The van der Waals surface area contributed by atoms with Gasteiger partial charge in [0, 0.05) is 30.9 Å². The van der Waals surface area contributed by atoms with Crippen molar-refractivity contribution >= 4 is 27.8 Å². The number of hydrogen-bond donors (Lipinski definition) is 2. The van der Waals surface area contributed by atoms with Gasteiger partial charge in [-0.15, -0.1) is 0 Å². The van der Waals surface area contributed by atoms with Crippen LogP contribution in [-0.4, -0.2) is 62.6 Å². The molecule has 0 spiro atoms. The van der Waals surface area contributed by atoms with Crippen LogP contribution in [0.1, 0.15) is 41.4 Å². The number of aryl methyl sites for hydroxylation is 1. The van der Waals surface area contributed by atoms with Crippen molar-refractivity contribution in [2.24, 2.45) is 0 Å². The van der Waals surface area contributed by atoms with E-state index < -0.39 is 22.5 Å². The molecule has 2 aromatic rings. The third kappa shape index (κ3) is 6.69. The first-order valence-corrected chi connectivity index (χ1v) is 11.8. The lowest BCUT2D eigenvalue weighted by molar-refractivity contribution is -0.00687. The van der Waals surface area contributed by atoms with E-state index in [1.807, 2.05) is 11.6 Å². The van der Waals surface area contributed by atoms with E-state index in [4.69, 9.17) is 13.9 Å². The predicted molar refractivity (Wildman–Crippen MR) is 115 cm³/mol. The Bertz CT molecular complexity index is 1060. The number of nitrogens with one attached hydrogen (secondary N) is 2. The van der Waals surface area contributed by atoms with Gasteiger partial charge in [0.1, 0.15) is 6.26 Å². The van der Waals surface area contributed by atoms with Crippen LogP contribution in [0.5, 0.6) is 0 Å². The highest BCUT2D eigenvalue weighted by atomic mass is 32.2. The normalized spacial score (nSPS) is 17.7. The molecule has 1 unspecified atom stereocenters.